The number of imidazole rings is 1. The van der Waals surface area contributed by atoms with Gasteiger partial charge in [-0.25, -0.2) is 4.98 Å². The van der Waals surface area contributed by atoms with E-state index in [1.807, 2.05) is 6.07 Å². The molecule has 1 aromatic carbocycles. The molecular formula is C13H12N2OS. The highest BCUT2D eigenvalue weighted by molar-refractivity contribution is 7.13. The number of phenolic OH excluding ortho intramolecular Hbond substituents is 1. The minimum Gasteiger partial charge on any atom is -0.508 e. The fourth-order valence-electron chi connectivity index (χ4n) is 1.93. The first-order chi connectivity index (χ1) is 8.28. The van der Waals surface area contributed by atoms with Crippen LogP contribution in [0.1, 0.15) is 12.5 Å². The van der Waals surface area contributed by atoms with Crippen LogP contribution in [0, 0.1) is 0 Å². The van der Waals surface area contributed by atoms with Gasteiger partial charge in [-0.3, -0.25) is 0 Å². The zero-order chi connectivity index (χ0) is 11.8. The van der Waals surface area contributed by atoms with Crippen molar-refractivity contribution < 1.29 is 5.11 Å². The number of thiophene rings is 1. The van der Waals surface area contributed by atoms with Crippen LogP contribution in [-0.2, 0) is 6.42 Å². The van der Waals surface area contributed by atoms with Gasteiger partial charge in [0.05, 0.1) is 15.9 Å². The van der Waals surface area contributed by atoms with Gasteiger partial charge in [-0.1, -0.05) is 6.92 Å². The second-order valence-electron chi connectivity index (χ2n) is 3.92. The third kappa shape index (κ3) is 1.70. The molecule has 2 N–H and O–H groups in total. The maximum Gasteiger partial charge on any atom is 0.148 e. The van der Waals surface area contributed by atoms with Crippen molar-refractivity contribution in [1.29, 1.82) is 0 Å². The number of rotatable bonds is 2. The average Bonchev–Trinajstić information content (AvgIpc) is 2.93. The van der Waals surface area contributed by atoms with Crippen molar-refractivity contribution in [3.05, 3.63) is 35.2 Å². The van der Waals surface area contributed by atoms with Crippen molar-refractivity contribution in [2.24, 2.45) is 0 Å². The third-order valence-corrected chi connectivity index (χ3v) is 3.77. The van der Waals surface area contributed by atoms with Crippen LogP contribution >= 0.6 is 11.3 Å². The van der Waals surface area contributed by atoms with Crippen LogP contribution in [0.3, 0.4) is 0 Å². The van der Waals surface area contributed by atoms with Crippen molar-refractivity contribution >= 4 is 22.4 Å². The summed E-state index contributed by atoms with van der Waals surface area (Å²) in [6, 6.07) is 7.31. The summed E-state index contributed by atoms with van der Waals surface area (Å²) in [5, 5.41) is 11.5. The largest absolute Gasteiger partial charge is 0.508 e. The Kier molecular flexibility index (Phi) is 2.37. The standard InChI is InChI=1S/C13H12N2OS/c1-2-8-5-6-17-12(8)13-14-10-4-3-9(16)7-11(10)15-13/h3-7,16H,2H2,1H3,(H,14,15). The van der Waals surface area contributed by atoms with Gasteiger partial charge in [0, 0.05) is 6.07 Å². The molecule has 0 aliphatic rings. The van der Waals surface area contributed by atoms with Crippen molar-refractivity contribution in [3.8, 4) is 16.5 Å². The molecule has 3 nitrogen and oxygen atoms in total. The molecule has 3 aromatic rings. The summed E-state index contributed by atoms with van der Waals surface area (Å²) in [5.74, 6) is 1.15. The van der Waals surface area contributed by atoms with Crippen molar-refractivity contribution in [3.63, 3.8) is 0 Å². The predicted octanol–water partition coefficient (Wildman–Crippen LogP) is 3.56. The van der Waals surface area contributed by atoms with Gasteiger partial charge >= 0.3 is 0 Å². The Hall–Kier alpha value is -1.81. The molecule has 0 radical (unpaired) electrons. The molecule has 0 aliphatic heterocycles. The second-order valence-corrected chi connectivity index (χ2v) is 4.83. The summed E-state index contributed by atoms with van der Waals surface area (Å²) >= 11 is 1.69. The number of aromatic amines is 1. The Bertz CT molecular complexity index is 669. The molecule has 86 valence electrons. The van der Waals surface area contributed by atoms with E-state index in [-0.39, 0.29) is 5.75 Å². The van der Waals surface area contributed by atoms with Crippen molar-refractivity contribution in [1.82, 2.24) is 9.97 Å². The smallest absolute Gasteiger partial charge is 0.148 e. The summed E-state index contributed by atoms with van der Waals surface area (Å²) in [6.45, 7) is 2.14. The molecule has 2 aromatic heterocycles. The van der Waals surface area contributed by atoms with Crippen LogP contribution in [0.25, 0.3) is 21.7 Å². The van der Waals surface area contributed by atoms with E-state index in [2.05, 4.69) is 28.3 Å². The van der Waals surface area contributed by atoms with E-state index in [4.69, 9.17) is 0 Å². The maximum absolute atomic E-state index is 9.43. The fraction of sp³-hybridized carbons (Fsp3) is 0.154. The average molecular weight is 244 g/mol. The molecular weight excluding hydrogens is 232 g/mol. The first-order valence-corrected chi connectivity index (χ1v) is 6.41. The van der Waals surface area contributed by atoms with Gasteiger partial charge in [0.25, 0.3) is 0 Å². The van der Waals surface area contributed by atoms with E-state index in [0.717, 1.165) is 23.3 Å². The Morgan fingerprint density at radius 1 is 1.35 bits per heavy atom. The van der Waals surface area contributed by atoms with Gasteiger partial charge < -0.3 is 10.1 Å². The van der Waals surface area contributed by atoms with E-state index >= 15 is 0 Å². The molecule has 0 unspecified atom stereocenters. The summed E-state index contributed by atoms with van der Waals surface area (Å²) < 4.78 is 0. The lowest BCUT2D eigenvalue weighted by Gasteiger charge is -1.95. The Balaban J connectivity index is 2.18. The highest BCUT2D eigenvalue weighted by Crippen LogP contribution is 2.30. The van der Waals surface area contributed by atoms with E-state index in [1.165, 1.54) is 10.4 Å². The van der Waals surface area contributed by atoms with Gasteiger partial charge in [0.15, 0.2) is 0 Å². The van der Waals surface area contributed by atoms with E-state index < -0.39 is 0 Å². The normalized spacial score (nSPS) is 11.1. The molecule has 0 bridgehead atoms. The minimum atomic E-state index is 0.259. The number of aromatic nitrogens is 2. The Labute approximate surface area is 103 Å². The lowest BCUT2D eigenvalue weighted by molar-refractivity contribution is 0.476. The number of phenols is 1. The van der Waals surface area contributed by atoms with Gasteiger partial charge in [0.1, 0.15) is 11.6 Å². The highest BCUT2D eigenvalue weighted by atomic mass is 32.1. The third-order valence-electron chi connectivity index (χ3n) is 2.81. The lowest BCUT2D eigenvalue weighted by Crippen LogP contribution is -1.82. The number of nitrogens with zero attached hydrogens (tertiary/aromatic N) is 1. The van der Waals surface area contributed by atoms with Crippen molar-refractivity contribution in [2.75, 3.05) is 0 Å². The number of aryl methyl sites for hydroxylation is 1. The number of benzene rings is 1. The summed E-state index contributed by atoms with van der Waals surface area (Å²) in [5.41, 5.74) is 3.06. The molecule has 17 heavy (non-hydrogen) atoms. The SMILES string of the molecule is CCc1ccsc1-c1nc2ccc(O)cc2[nH]1. The van der Waals surface area contributed by atoms with Gasteiger partial charge in [0.2, 0.25) is 0 Å². The number of hydrogen-bond donors (Lipinski definition) is 2. The zero-order valence-corrected chi connectivity index (χ0v) is 10.2. The lowest BCUT2D eigenvalue weighted by atomic mass is 10.2. The van der Waals surface area contributed by atoms with E-state index in [9.17, 15) is 5.11 Å². The second kappa shape index (κ2) is 3.89. The molecule has 2 heterocycles. The molecule has 0 saturated carbocycles. The summed E-state index contributed by atoms with van der Waals surface area (Å²) in [7, 11) is 0. The predicted molar refractivity (Wildman–Crippen MR) is 70.4 cm³/mol. The van der Waals surface area contributed by atoms with Crippen LogP contribution in [0.2, 0.25) is 0 Å². The summed E-state index contributed by atoms with van der Waals surface area (Å²) in [4.78, 5) is 8.98. The number of fused-ring (bicyclic) bond motifs is 1. The first kappa shape index (κ1) is 10.4. The number of nitrogens with one attached hydrogen (secondary N) is 1. The molecule has 0 spiro atoms. The van der Waals surface area contributed by atoms with Crippen LogP contribution in [0.5, 0.6) is 5.75 Å². The van der Waals surface area contributed by atoms with E-state index in [1.54, 1.807) is 23.5 Å². The fourth-order valence-corrected chi connectivity index (χ4v) is 2.87. The Morgan fingerprint density at radius 3 is 3.06 bits per heavy atom. The van der Waals surface area contributed by atoms with Crippen LogP contribution in [0.15, 0.2) is 29.6 Å². The molecule has 0 saturated heterocycles. The first-order valence-electron chi connectivity index (χ1n) is 5.53. The van der Waals surface area contributed by atoms with Gasteiger partial charge in [-0.2, -0.15) is 0 Å². The maximum atomic E-state index is 9.43. The molecule has 0 aliphatic carbocycles. The minimum absolute atomic E-state index is 0.259. The van der Waals surface area contributed by atoms with E-state index in [0.29, 0.717) is 0 Å². The monoisotopic (exact) mass is 244 g/mol. The number of aromatic hydroxyl groups is 1. The number of hydrogen-bond acceptors (Lipinski definition) is 3. The molecule has 3 rings (SSSR count). The molecule has 0 fully saturated rings. The van der Waals surface area contributed by atoms with Crippen molar-refractivity contribution in [2.45, 2.75) is 13.3 Å². The quantitative estimate of drug-likeness (QED) is 0.724. The van der Waals surface area contributed by atoms with Crippen LogP contribution < -0.4 is 0 Å². The molecule has 0 atom stereocenters. The molecule has 4 heteroatoms. The topological polar surface area (TPSA) is 48.9 Å². The van der Waals surface area contributed by atoms with Gasteiger partial charge in [-0.05, 0) is 35.6 Å². The molecule has 0 amide bonds. The Morgan fingerprint density at radius 2 is 2.24 bits per heavy atom. The summed E-state index contributed by atoms with van der Waals surface area (Å²) in [6.07, 6.45) is 1.00. The number of H-pyrrole nitrogens is 1. The zero-order valence-electron chi connectivity index (χ0n) is 9.40. The van der Waals surface area contributed by atoms with Crippen LogP contribution in [0.4, 0.5) is 0 Å². The van der Waals surface area contributed by atoms with Crippen LogP contribution in [-0.4, -0.2) is 15.1 Å². The highest BCUT2D eigenvalue weighted by Gasteiger charge is 2.10. The van der Waals surface area contributed by atoms with Gasteiger partial charge in [-0.15, -0.1) is 11.3 Å².